The smallest absolute Gasteiger partial charge is 0.260 e. The fourth-order valence-corrected chi connectivity index (χ4v) is 3.26. The number of hydrogen-bond donors (Lipinski definition) is 2. The molecule has 0 atom stereocenters. The Kier molecular flexibility index (Phi) is 3.76. The van der Waals surface area contributed by atoms with Crippen LogP contribution in [0, 0.1) is 6.92 Å². The minimum absolute atomic E-state index is 0.177. The van der Waals surface area contributed by atoms with Gasteiger partial charge in [0.15, 0.2) is 5.82 Å². The van der Waals surface area contributed by atoms with Crippen molar-refractivity contribution < 1.29 is 9.53 Å². The van der Waals surface area contributed by atoms with Crippen molar-refractivity contribution in [3.63, 3.8) is 0 Å². The maximum absolute atomic E-state index is 12.6. The van der Waals surface area contributed by atoms with E-state index in [0.717, 1.165) is 47.7 Å². The van der Waals surface area contributed by atoms with Crippen molar-refractivity contribution >= 4 is 11.7 Å². The predicted molar refractivity (Wildman–Crippen MR) is 93.8 cm³/mol. The van der Waals surface area contributed by atoms with Gasteiger partial charge in [-0.05, 0) is 31.9 Å². The van der Waals surface area contributed by atoms with E-state index in [1.165, 1.54) is 0 Å². The Bertz CT molecular complexity index is 941. The molecule has 0 fully saturated rings. The van der Waals surface area contributed by atoms with Gasteiger partial charge in [0.25, 0.3) is 5.91 Å². The number of rotatable bonds is 4. The van der Waals surface area contributed by atoms with Gasteiger partial charge in [-0.15, -0.1) is 0 Å². The summed E-state index contributed by atoms with van der Waals surface area (Å²) in [4.78, 5) is 12.6. The highest BCUT2D eigenvalue weighted by Gasteiger charge is 2.23. The molecule has 7 nitrogen and oxygen atoms in total. The van der Waals surface area contributed by atoms with Crippen molar-refractivity contribution in [1.29, 1.82) is 0 Å². The van der Waals surface area contributed by atoms with Crippen LogP contribution in [-0.4, -0.2) is 33.0 Å². The molecule has 1 aliphatic rings. The van der Waals surface area contributed by atoms with Crippen LogP contribution in [-0.2, 0) is 13.0 Å². The first-order chi connectivity index (χ1) is 12.2. The summed E-state index contributed by atoms with van der Waals surface area (Å²) in [5, 5.41) is 14.4. The molecule has 0 spiro atoms. The van der Waals surface area contributed by atoms with Crippen molar-refractivity contribution in [1.82, 2.24) is 20.0 Å². The molecule has 128 valence electrons. The molecule has 25 heavy (non-hydrogen) atoms. The lowest BCUT2D eigenvalue weighted by molar-refractivity contribution is 0.102. The molecule has 3 aromatic rings. The van der Waals surface area contributed by atoms with Crippen LogP contribution in [0.2, 0.25) is 0 Å². The van der Waals surface area contributed by atoms with Crippen LogP contribution in [0.25, 0.3) is 11.3 Å². The van der Waals surface area contributed by atoms with Gasteiger partial charge in [0.2, 0.25) is 0 Å². The third-order valence-corrected chi connectivity index (χ3v) is 4.59. The normalized spacial score (nSPS) is 12.9. The molecular formula is C18H19N5O2. The van der Waals surface area contributed by atoms with Gasteiger partial charge in [0, 0.05) is 17.7 Å². The van der Waals surface area contributed by atoms with Gasteiger partial charge in [-0.25, -0.2) is 0 Å². The molecule has 0 saturated heterocycles. The Hall–Kier alpha value is -3.09. The van der Waals surface area contributed by atoms with Gasteiger partial charge in [-0.2, -0.15) is 10.2 Å². The lowest BCUT2D eigenvalue weighted by Gasteiger charge is -2.07. The number of H-pyrrole nitrogens is 1. The maximum Gasteiger partial charge on any atom is 0.260 e. The van der Waals surface area contributed by atoms with Gasteiger partial charge in [-0.3, -0.25) is 14.6 Å². The van der Waals surface area contributed by atoms with E-state index in [1.807, 2.05) is 35.9 Å². The summed E-state index contributed by atoms with van der Waals surface area (Å²) in [5.74, 6) is 1.09. The summed E-state index contributed by atoms with van der Waals surface area (Å²) in [7, 11) is 1.63. The number of para-hydroxylation sites is 1. The van der Waals surface area contributed by atoms with Crippen molar-refractivity contribution in [2.24, 2.45) is 0 Å². The second-order valence-electron chi connectivity index (χ2n) is 6.06. The molecule has 1 aromatic carbocycles. The van der Waals surface area contributed by atoms with Crippen molar-refractivity contribution in [2.75, 3.05) is 12.4 Å². The summed E-state index contributed by atoms with van der Waals surface area (Å²) in [5.41, 5.74) is 4.21. The van der Waals surface area contributed by atoms with Crippen molar-refractivity contribution in [2.45, 2.75) is 26.3 Å². The van der Waals surface area contributed by atoms with E-state index in [9.17, 15) is 4.79 Å². The second-order valence-corrected chi connectivity index (χ2v) is 6.06. The van der Waals surface area contributed by atoms with Crippen molar-refractivity contribution in [3.8, 4) is 17.0 Å². The SMILES string of the molecule is COc1ccccc1-c1[nH]nc(NC(=O)c2cnn3c2CCC3)c1C. The number of amides is 1. The van der Waals surface area contributed by atoms with Crippen LogP contribution in [0.4, 0.5) is 5.82 Å². The Morgan fingerprint density at radius 3 is 3.04 bits per heavy atom. The number of fused-ring (bicyclic) bond motifs is 1. The zero-order valence-corrected chi connectivity index (χ0v) is 14.2. The number of anilines is 1. The van der Waals surface area contributed by atoms with Gasteiger partial charge in [0.05, 0.1) is 30.3 Å². The average Bonchev–Trinajstić information content (AvgIpc) is 3.31. The molecule has 4 rings (SSSR count). The molecule has 0 radical (unpaired) electrons. The minimum Gasteiger partial charge on any atom is -0.496 e. The summed E-state index contributed by atoms with van der Waals surface area (Å²) in [6.45, 7) is 2.80. The molecular weight excluding hydrogens is 318 g/mol. The lowest BCUT2D eigenvalue weighted by Crippen LogP contribution is -2.14. The number of aromatic nitrogens is 4. The fourth-order valence-electron chi connectivity index (χ4n) is 3.26. The van der Waals surface area contributed by atoms with Gasteiger partial charge in [0.1, 0.15) is 5.75 Å². The monoisotopic (exact) mass is 337 g/mol. The summed E-state index contributed by atoms with van der Waals surface area (Å²) >= 11 is 0. The van der Waals surface area contributed by atoms with E-state index in [1.54, 1.807) is 13.3 Å². The number of benzene rings is 1. The Morgan fingerprint density at radius 2 is 2.20 bits per heavy atom. The maximum atomic E-state index is 12.6. The number of aryl methyl sites for hydroxylation is 1. The molecule has 2 aromatic heterocycles. The van der Waals surface area contributed by atoms with Crippen LogP contribution in [0.1, 0.15) is 28.0 Å². The highest BCUT2D eigenvalue weighted by Crippen LogP contribution is 2.33. The minimum atomic E-state index is -0.177. The van der Waals surface area contributed by atoms with Crippen molar-refractivity contribution in [3.05, 3.63) is 47.3 Å². The van der Waals surface area contributed by atoms with Crippen LogP contribution < -0.4 is 10.1 Å². The van der Waals surface area contributed by atoms with Crippen LogP contribution in [0.15, 0.2) is 30.5 Å². The largest absolute Gasteiger partial charge is 0.496 e. The number of aromatic amines is 1. The zero-order valence-electron chi connectivity index (χ0n) is 14.2. The van der Waals surface area contributed by atoms with Crippen LogP contribution in [0.3, 0.4) is 0 Å². The quantitative estimate of drug-likeness (QED) is 0.767. The standard InChI is InChI=1S/C18H19N5O2/c1-11-16(12-6-3-4-8-15(12)25-2)21-22-17(11)20-18(24)13-10-19-23-9-5-7-14(13)23/h3-4,6,8,10H,5,7,9H2,1-2H3,(H2,20,21,22,24). The van der Waals surface area contributed by atoms with Gasteiger partial charge in [-0.1, -0.05) is 12.1 Å². The lowest BCUT2D eigenvalue weighted by atomic mass is 10.1. The van der Waals surface area contributed by atoms with E-state index in [4.69, 9.17) is 4.74 Å². The highest BCUT2D eigenvalue weighted by atomic mass is 16.5. The average molecular weight is 337 g/mol. The highest BCUT2D eigenvalue weighted by molar-refractivity contribution is 6.05. The predicted octanol–water partition coefficient (Wildman–Crippen LogP) is 2.79. The third kappa shape index (κ3) is 2.57. The first-order valence-corrected chi connectivity index (χ1v) is 8.23. The Balaban J connectivity index is 1.62. The third-order valence-electron chi connectivity index (χ3n) is 4.59. The fraction of sp³-hybridized carbons (Fsp3) is 0.278. The number of carbonyl (C=O) groups is 1. The molecule has 0 unspecified atom stereocenters. The molecule has 2 N–H and O–H groups in total. The Morgan fingerprint density at radius 1 is 1.36 bits per heavy atom. The summed E-state index contributed by atoms with van der Waals surface area (Å²) in [6.07, 6.45) is 3.55. The van der Waals surface area contributed by atoms with E-state index in [2.05, 4.69) is 20.6 Å². The second kappa shape index (κ2) is 6.08. The van der Waals surface area contributed by atoms with Gasteiger partial charge >= 0.3 is 0 Å². The van der Waals surface area contributed by atoms with Crippen LogP contribution in [0.5, 0.6) is 5.75 Å². The molecule has 0 aliphatic carbocycles. The molecule has 7 heteroatoms. The first kappa shape index (κ1) is 15.4. The summed E-state index contributed by atoms with van der Waals surface area (Å²) in [6, 6.07) is 7.70. The zero-order chi connectivity index (χ0) is 17.4. The van der Waals surface area contributed by atoms with E-state index < -0.39 is 0 Å². The van der Waals surface area contributed by atoms with Crippen LogP contribution >= 0.6 is 0 Å². The number of nitrogens with one attached hydrogen (secondary N) is 2. The number of ether oxygens (including phenoxy) is 1. The van der Waals surface area contributed by atoms with Gasteiger partial charge < -0.3 is 10.1 Å². The molecule has 0 saturated carbocycles. The molecule has 1 aliphatic heterocycles. The number of carbonyl (C=O) groups excluding carboxylic acids is 1. The summed E-state index contributed by atoms with van der Waals surface area (Å²) < 4.78 is 7.30. The number of methoxy groups -OCH3 is 1. The van der Waals surface area contributed by atoms with E-state index in [-0.39, 0.29) is 5.91 Å². The van der Waals surface area contributed by atoms with E-state index in [0.29, 0.717) is 11.4 Å². The molecule has 0 bridgehead atoms. The topological polar surface area (TPSA) is 84.8 Å². The number of nitrogens with zero attached hydrogens (tertiary/aromatic N) is 3. The molecule has 1 amide bonds. The first-order valence-electron chi connectivity index (χ1n) is 8.23. The molecule has 3 heterocycles. The van der Waals surface area contributed by atoms with E-state index >= 15 is 0 Å². The Labute approximate surface area is 145 Å². The number of hydrogen-bond acceptors (Lipinski definition) is 4.